The van der Waals surface area contributed by atoms with Crippen molar-refractivity contribution in [2.45, 2.75) is 19.3 Å². The van der Waals surface area contributed by atoms with E-state index < -0.39 is 23.1 Å². The van der Waals surface area contributed by atoms with E-state index in [4.69, 9.17) is 0 Å². The summed E-state index contributed by atoms with van der Waals surface area (Å²) in [5, 5.41) is 2.49. The molecular weight excluding hydrogens is 228 g/mol. The van der Waals surface area contributed by atoms with Gasteiger partial charge in [0.15, 0.2) is 0 Å². The van der Waals surface area contributed by atoms with Crippen molar-refractivity contribution in [1.82, 2.24) is 5.32 Å². The first-order valence-corrected chi connectivity index (χ1v) is 5.14. The number of hydrogen-bond acceptors (Lipinski definition) is 2. The summed E-state index contributed by atoms with van der Waals surface area (Å²) in [6.07, 6.45) is -0.583. The molecule has 1 aromatic carbocycles. The Balaban J connectivity index is 2.85. The summed E-state index contributed by atoms with van der Waals surface area (Å²) < 4.78 is 30.8. The first kappa shape index (κ1) is 13.4. The van der Waals surface area contributed by atoms with E-state index in [0.29, 0.717) is 5.56 Å². The van der Waals surface area contributed by atoms with Gasteiger partial charge in [-0.15, -0.1) is 0 Å². The second-order valence-electron chi connectivity index (χ2n) is 4.35. The predicted molar refractivity (Wildman–Crippen MR) is 59.8 cm³/mol. The van der Waals surface area contributed by atoms with Gasteiger partial charge in [0.25, 0.3) is 0 Å². The van der Waals surface area contributed by atoms with Crippen molar-refractivity contribution in [2.75, 3.05) is 13.7 Å². The van der Waals surface area contributed by atoms with Crippen molar-refractivity contribution in [3.63, 3.8) is 0 Å². The molecule has 0 fully saturated rings. The van der Waals surface area contributed by atoms with Crippen LogP contribution in [0.5, 0.6) is 0 Å². The summed E-state index contributed by atoms with van der Waals surface area (Å²) in [7, 11) is 1.25. The van der Waals surface area contributed by atoms with E-state index in [-0.39, 0.29) is 6.54 Å². The lowest BCUT2D eigenvalue weighted by Gasteiger charge is -2.25. The van der Waals surface area contributed by atoms with Gasteiger partial charge >= 0.3 is 6.09 Å². The number of alkyl carbamates (subject to hydrolysis) is 1. The molecule has 0 saturated heterocycles. The van der Waals surface area contributed by atoms with E-state index in [1.807, 2.05) is 0 Å². The normalized spacial score (nSPS) is 11.1. The Morgan fingerprint density at radius 3 is 2.59 bits per heavy atom. The van der Waals surface area contributed by atoms with Gasteiger partial charge in [-0.2, -0.15) is 0 Å². The zero-order chi connectivity index (χ0) is 13.1. The van der Waals surface area contributed by atoms with E-state index >= 15 is 0 Å². The van der Waals surface area contributed by atoms with E-state index in [1.165, 1.54) is 19.2 Å². The molecule has 1 rings (SSSR count). The van der Waals surface area contributed by atoms with Crippen LogP contribution in [0.4, 0.5) is 13.6 Å². The van der Waals surface area contributed by atoms with Crippen LogP contribution in [0.25, 0.3) is 0 Å². The standard InChI is InChI=1S/C12H15F2NO2/c1-12(2,7-15-11(16)17-3)9-5-4-8(13)6-10(9)14/h4-6H,7H2,1-3H3,(H,15,16). The van der Waals surface area contributed by atoms with Crippen LogP contribution in [0.15, 0.2) is 18.2 Å². The first-order valence-electron chi connectivity index (χ1n) is 5.14. The SMILES string of the molecule is COC(=O)NCC(C)(C)c1ccc(F)cc1F. The smallest absolute Gasteiger partial charge is 0.406 e. The van der Waals surface area contributed by atoms with Gasteiger partial charge < -0.3 is 10.1 Å². The van der Waals surface area contributed by atoms with Crippen LogP contribution in [-0.4, -0.2) is 19.7 Å². The maximum absolute atomic E-state index is 13.6. The van der Waals surface area contributed by atoms with Crippen molar-refractivity contribution >= 4 is 6.09 Å². The molecule has 0 aliphatic carbocycles. The molecule has 0 spiro atoms. The lowest BCUT2D eigenvalue weighted by molar-refractivity contribution is 0.168. The predicted octanol–water partition coefficient (Wildman–Crippen LogP) is 2.60. The molecule has 0 aromatic heterocycles. The molecule has 0 radical (unpaired) electrons. The van der Waals surface area contributed by atoms with Crippen LogP contribution >= 0.6 is 0 Å². The third kappa shape index (κ3) is 3.41. The molecule has 0 unspecified atom stereocenters. The van der Waals surface area contributed by atoms with Crippen molar-refractivity contribution in [2.24, 2.45) is 0 Å². The molecule has 94 valence electrons. The van der Waals surface area contributed by atoms with Gasteiger partial charge in [0.1, 0.15) is 11.6 Å². The average molecular weight is 243 g/mol. The average Bonchev–Trinajstić information content (AvgIpc) is 2.25. The van der Waals surface area contributed by atoms with Crippen molar-refractivity contribution in [3.8, 4) is 0 Å². The molecule has 1 aromatic rings. The minimum Gasteiger partial charge on any atom is -0.453 e. The van der Waals surface area contributed by atoms with Gasteiger partial charge in [-0.25, -0.2) is 13.6 Å². The fourth-order valence-corrected chi connectivity index (χ4v) is 1.50. The molecule has 0 saturated carbocycles. The Bertz CT molecular complexity index is 419. The van der Waals surface area contributed by atoms with E-state index in [0.717, 1.165) is 6.07 Å². The number of rotatable bonds is 3. The fraction of sp³-hybridized carbons (Fsp3) is 0.417. The van der Waals surface area contributed by atoms with E-state index in [1.54, 1.807) is 13.8 Å². The third-order valence-corrected chi connectivity index (χ3v) is 2.52. The Labute approximate surface area is 98.8 Å². The number of methoxy groups -OCH3 is 1. The van der Waals surface area contributed by atoms with Gasteiger partial charge in [-0.3, -0.25) is 0 Å². The van der Waals surface area contributed by atoms with Crippen molar-refractivity contribution in [3.05, 3.63) is 35.4 Å². The molecule has 1 amide bonds. The summed E-state index contributed by atoms with van der Waals surface area (Å²) in [5.74, 6) is -1.25. The topological polar surface area (TPSA) is 38.3 Å². The van der Waals surface area contributed by atoms with Crippen LogP contribution in [0.1, 0.15) is 19.4 Å². The van der Waals surface area contributed by atoms with Gasteiger partial charge in [0.2, 0.25) is 0 Å². The van der Waals surface area contributed by atoms with Crippen LogP contribution < -0.4 is 5.32 Å². The largest absolute Gasteiger partial charge is 0.453 e. The number of ether oxygens (including phenoxy) is 1. The van der Waals surface area contributed by atoms with Gasteiger partial charge in [-0.05, 0) is 11.6 Å². The van der Waals surface area contributed by atoms with Gasteiger partial charge in [0, 0.05) is 18.0 Å². The zero-order valence-electron chi connectivity index (χ0n) is 10.0. The van der Waals surface area contributed by atoms with Gasteiger partial charge in [0.05, 0.1) is 7.11 Å². The molecule has 0 aliphatic heterocycles. The van der Waals surface area contributed by atoms with Gasteiger partial charge in [-0.1, -0.05) is 19.9 Å². The number of amides is 1. The number of carbonyl (C=O) groups is 1. The maximum Gasteiger partial charge on any atom is 0.406 e. The number of halogens is 2. The number of carbonyl (C=O) groups excluding carboxylic acids is 1. The Morgan fingerprint density at radius 1 is 1.41 bits per heavy atom. The molecule has 5 heteroatoms. The third-order valence-electron chi connectivity index (χ3n) is 2.52. The highest BCUT2D eigenvalue weighted by atomic mass is 19.1. The number of nitrogens with one attached hydrogen (secondary N) is 1. The minimum atomic E-state index is -0.647. The molecule has 0 bridgehead atoms. The first-order chi connectivity index (χ1) is 7.86. The number of hydrogen-bond donors (Lipinski definition) is 1. The van der Waals surface area contributed by atoms with Crippen molar-refractivity contribution < 1.29 is 18.3 Å². The summed E-state index contributed by atoms with van der Waals surface area (Å²) in [5.41, 5.74) is -0.304. The lowest BCUT2D eigenvalue weighted by Crippen LogP contribution is -2.37. The highest BCUT2D eigenvalue weighted by molar-refractivity contribution is 5.67. The second-order valence-corrected chi connectivity index (χ2v) is 4.35. The number of benzene rings is 1. The maximum atomic E-state index is 13.6. The summed E-state index contributed by atoms with van der Waals surface area (Å²) in [6, 6.07) is 3.40. The zero-order valence-corrected chi connectivity index (χ0v) is 10.0. The molecular formula is C12H15F2NO2. The molecule has 17 heavy (non-hydrogen) atoms. The summed E-state index contributed by atoms with van der Waals surface area (Å²) in [4.78, 5) is 10.9. The molecule has 3 nitrogen and oxygen atoms in total. The quantitative estimate of drug-likeness (QED) is 0.886. The Hall–Kier alpha value is -1.65. The Morgan fingerprint density at radius 2 is 2.06 bits per heavy atom. The summed E-state index contributed by atoms with van der Waals surface area (Å²) >= 11 is 0. The van der Waals surface area contributed by atoms with Crippen LogP contribution in [0.3, 0.4) is 0 Å². The molecule has 0 atom stereocenters. The lowest BCUT2D eigenvalue weighted by atomic mass is 9.84. The van der Waals surface area contributed by atoms with E-state index in [9.17, 15) is 13.6 Å². The molecule has 0 heterocycles. The fourth-order valence-electron chi connectivity index (χ4n) is 1.50. The highest BCUT2D eigenvalue weighted by Gasteiger charge is 2.25. The Kier molecular flexibility index (Phi) is 4.04. The van der Waals surface area contributed by atoms with Crippen LogP contribution in [0, 0.1) is 11.6 Å². The van der Waals surface area contributed by atoms with Crippen LogP contribution in [-0.2, 0) is 10.2 Å². The monoisotopic (exact) mass is 243 g/mol. The minimum absolute atomic E-state index is 0.197. The van der Waals surface area contributed by atoms with E-state index in [2.05, 4.69) is 10.1 Å². The van der Waals surface area contributed by atoms with Crippen molar-refractivity contribution in [1.29, 1.82) is 0 Å². The van der Waals surface area contributed by atoms with Crippen LogP contribution in [0.2, 0.25) is 0 Å². The summed E-state index contributed by atoms with van der Waals surface area (Å²) in [6.45, 7) is 3.70. The second kappa shape index (κ2) is 5.12. The molecule has 1 N–H and O–H groups in total. The molecule has 0 aliphatic rings. The highest BCUT2D eigenvalue weighted by Crippen LogP contribution is 2.25.